The Labute approximate surface area is 177 Å². The van der Waals surface area contributed by atoms with Gasteiger partial charge in [0.1, 0.15) is 11.0 Å². The van der Waals surface area contributed by atoms with Crippen LogP contribution in [0.15, 0.2) is 30.6 Å². The van der Waals surface area contributed by atoms with Crippen LogP contribution in [0.25, 0.3) is 16.7 Å². The number of aromatic nitrogens is 5. The summed E-state index contributed by atoms with van der Waals surface area (Å²) in [5, 5.41) is 14.6. The molecular weight excluding hydrogens is 399 g/mol. The number of benzene rings is 1. The minimum absolute atomic E-state index is 0.226. The van der Waals surface area contributed by atoms with Crippen LogP contribution in [0.1, 0.15) is 22.5 Å². The molecule has 1 atom stereocenters. The van der Waals surface area contributed by atoms with Gasteiger partial charge in [-0.05, 0) is 32.5 Å². The predicted molar refractivity (Wildman–Crippen MR) is 116 cm³/mol. The summed E-state index contributed by atoms with van der Waals surface area (Å²) in [7, 11) is 3.72. The van der Waals surface area contributed by atoms with Crippen LogP contribution in [-0.4, -0.2) is 56.5 Å². The highest BCUT2D eigenvalue weighted by atomic mass is 19.1. The zero-order valence-electron chi connectivity index (χ0n) is 17.6. The fraction of sp³-hybridized carbons (Fsp3) is 0.333. The Bertz CT molecular complexity index is 1310. The molecule has 1 amide bonds. The van der Waals surface area contributed by atoms with Crippen molar-refractivity contribution in [2.24, 2.45) is 7.05 Å². The van der Waals surface area contributed by atoms with Gasteiger partial charge in [0.25, 0.3) is 5.91 Å². The number of anilines is 2. The molecule has 4 heterocycles. The van der Waals surface area contributed by atoms with Gasteiger partial charge in [0, 0.05) is 44.6 Å². The number of carbonyl (C=O) groups excluding carboxylic acids is 1. The molecule has 1 aromatic carbocycles. The molecule has 10 heteroatoms. The van der Waals surface area contributed by atoms with Crippen molar-refractivity contribution in [3.05, 3.63) is 47.7 Å². The lowest BCUT2D eigenvalue weighted by Gasteiger charge is -2.19. The number of likely N-dealkylation sites (N-methyl/N-ethyl adjacent to an activating group) is 1. The van der Waals surface area contributed by atoms with E-state index >= 15 is 0 Å². The molecule has 2 N–H and O–H groups in total. The van der Waals surface area contributed by atoms with E-state index in [2.05, 4.69) is 30.8 Å². The maximum Gasteiger partial charge on any atom is 0.257 e. The van der Waals surface area contributed by atoms with E-state index in [1.54, 1.807) is 41.5 Å². The summed E-state index contributed by atoms with van der Waals surface area (Å²) in [5.74, 6) is -0.853. The third-order valence-corrected chi connectivity index (χ3v) is 5.80. The second-order valence-corrected chi connectivity index (χ2v) is 7.91. The van der Waals surface area contributed by atoms with E-state index < -0.39 is 5.82 Å². The Kier molecular flexibility index (Phi) is 4.58. The number of imidazole rings is 1. The molecule has 1 fully saturated rings. The van der Waals surface area contributed by atoms with Crippen LogP contribution in [-0.2, 0) is 7.05 Å². The molecule has 31 heavy (non-hydrogen) atoms. The molecule has 1 aliphatic rings. The molecule has 0 radical (unpaired) electrons. The van der Waals surface area contributed by atoms with Crippen LogP contribution in [0.2, 0.25) is 0 Å². The van der Waals surface area contributed by atoms with E-state index in [0.29, 0.717) is 34.0 Å². The van der Waals surface area contributed by atoms with Crippen molar-refractivity contribution in [1.29, 1.82) is 0 Å². The maximum absolute atomic E-state index is 14.4. The molecule has 1 aliphatic heterocycles. The van der Waals surface area contributed by atoms with E-state index in [1.807, 2.05) is 13.1 Å². The Hall–Kier alpha value is -3.53. The lowest BCUT2D eigenvalue weighted by atomic mass is 10.1. The number of nitrogens with zero attached hydrogens (tertiary/aromatic N) is 6. The van der Waals surface area contributed by atoms with Crippen LogP contribution >= 0.6 is 0 Å². The summed E-state index contributed by atoms with van der Waals surface area (Å²) in [6, 6.07) is 5.38. The highest BCUT2D eigenvalue weighted by Crippen LogP contribution is 2.30. The summed E-state index contributed by atoms with van der Waals surface area (Å²) in [4.78, 5) is 19.5. The third-order valence-electron chi connectivity index (χ3n) is 5.80. The first-order chi connectivity index (χ1) is 14.9. The van der Waals surface area contributed by atoms with E-state index in [1.165, 1.54) is 6.07 Å². The van der Waals surface area contributed by atoms with Crippen molar-refractivity contribution < 1.29 is 9.18 Å². The monoisotopic (exact) mass is 422 g/mol. The van der Waals surface area contributed by atoms with E-state index in [0.717, 1.165) is 25.2 Å². The van der Waals surface area contributed by atoms with Gasteiger partial charge in [-0.25, -0.2) is 14.1 Å². The van der Waals surface area contributed by atoms with Crippen molar-refractivity contribution in [3.8, 4) is 0 Å². The van der Waals surface area contributed by atoms with Crippen molar-refractivity contribution in [3.63, 3.8) is 0 Å². The Morgan fingerprint density at radius 1 is 1.29 bits per heavy atom. The summed E-state index contributed by atoms with van der Waals surface area (Å²) < 4.78 is 17.6. The largest absolute Gasteiger partial charge is 0.368 e. The minimum Gasteiger partial charge on any atom is -0.368 e. The number of fused-ring (bicyclic) bond motifs is 2. The molecule has 0 bridgehead atoms. The van der Waals surface area contributed by atoms with E-state index in [-0.39, 0.29) is 11.6 Å². The van der Waals surface area contributed by atoms with Gasteiger partial charge in [0.2, 0.25) is 0 Å². The molecule has 160 valence electrons. The molecule has 0 spiro atoms. The molecular formula is C21H23FN8O. The number of aryl methyl sites for hydroxylation is 2. The van der Waals surface area contributed by atoms with Gasteiger partial charge in [-0.1, -0.05) is 5.21 Å². The summed E-state index contributed by atoms with van der Waals surface area (Å²) >= 11 is 0. The van der Waals surface area contributed by atoms with Crippen LogP contribution < -0.4 is 15.5 Å². The molecule has 4 aromatic rings. The first kappa shape index (κ1) is 19.4. The number of pyridine rings is 1. The van der Waals surface area contributed by atoms with Crippen molar-refractivity contribution in [1.82, 2.24) is 29.7 Å². The Morgan fingerprint density at radius 3 is 2.90 bits per heavy atom. The summed E-state index contributed by atoms with van der Waals surface area (Å²) in [5.41, 5.74) is 3.97. The first-order valence-electron chi connectivity index (χ1n) is 10.2. The highest BCUT2D eigenvalue weighted by molar-refractivity contribution is 6.13. The predicted octanol–water partition coefficient (Wildman–Crippen LogP) is 2.11. The van der Waals surface area contributed by atoms with Crippen molar-refractivity contribution in [2.45, 2.75) is 19.4 Å². The molecule has 0 saturated carbocycles. The van der Waals surface area contributed by atoms with Crippen LogP contribution in [0.4, 0.5) is 15.8 Å². The number of carbonyl (C=O) groups is 1. The zero-order valence-corrected chi connectivity index (χ0v) is 17.6. The van der Waals surface area contributed by atoms with Gasteiger partial charge >= 0.3 is 0 Å². The minimum atomic E-state index is -0.498. The average molecular weight is 422 g/mol. The van der Waals surface area contributed by atoms with E-state index in [9.17, 15) is 9.18 Å². The number of rotatable bonds is 4. The van der Waals surface area contributed by atoms with Crippen LogP contribution in [0.3, 0.4) is 0 Å². The zero-order chi connectivity index (χ0) is 21.7. The molecule has 1 unspecified atom stereocenters. The Morgan fingerprint density at radius 2 is 2.13 bits per heavy atom. The first-order valence-corrected chi connectivity index (χ1v) is 10.2. The number of hydrogen-bond donors (Lipinski definition) is 2. The number of nitrogens with one attached hydrogen (secondary N) is 2. The van der Waals surface area contributed by atoms with Gasteiger partial charge in [0.05, 0.1) is 22.6 Å². The summed E-state index contributed by atoms with van der Waals surface area (Å²) in [6.07, 6.45) is 4.40. The standard InChI is InChI=1S/C21H23FN8O/c1-12-9-30-11-14(8-16(22)20(30)24-12)25-21(31)15-4-5-17(18-19(15)28(3)27-26-18)29-7-6-13(10-29)23-2/h4-5,8-9,11,13,23H,6-7,10H2,1-3H3,(H,25,31). The fourth-order valence-corrected chi connectivity index (χ4v) is 4.25. The summed E-state index contributed by atoms with van der Waals surface area (Å²) in [6.45, 7) is 3.57. The van der Waals surface area contributed by atoms with Crippen molar-refractivity contribution >= 4 is 34.0 Å². The number of amides is 1. The number of halogens is 1. The molecule has 5 rings (SSSR count). The van der Waals surface area contributed by atoms with Gasteiger partial charge < -0.3 is 19.9 Å². The second kappa shape index (κ2) is 7.31. The van der Waals surface area contributed by atoms with Gasteiger partial charge in [-0.2, -0.15) is 0 Å². The van der Waals surface area contributed by atoms with Gasteiger partial charge in [-0.3, -0.25) is 4.79 Å². The lowest BCUT2D eigenvalue weighted by molar-refractivity contribution is 0.102. The highest BCUT2D eigenvalue weighted by Gasteiger charge is 2.26. The lowest BCUT2D eigenvalue weighted by Crippen LogP contribution is -2.29. The van der Waals surface area contributed by atoms with Crippen molar-refractivity contribution in [2.75, 3.05) is 30.4 Å². The molecule has 0 aliphatic carbocycles. The van der Waals surface area contributed by atoms with E-state index in [4.69, 9.17) is 0 Å². The smallest absolute Gasteiger partial charge is 0.257 e. The topological polar surface area (TPSA) is 92.4 Å². The Balaban J connectivity index is 1.50. The third kappa shape index (κ3) is 3.28. The molecule has 1 saturated heterocycles. The molecule has 9 nitrogen and oxygen atoms in total. The van der Waals surface area contributed by atoms with Gasteiger partial charge in [0.15, 0.2) is 11.5 Å². The molecule has 3 aromatic heterocycles. The maximum atomic E-state index is 14.4. The van der Waals surface area contributed by atoms with Crippen LogP contribution in [0.5, 0.6) is 0 Å². The second-order valence-electron chi connectivity index (χ2n) is 7.91. The average Bonchev–Trinajstić information content (AvgIpc) is 3.46. The normalized spacial score (nSPS) is 16.5. The quantitative estimate of drug-likeness (QED) is 0.523. The number of hydrogen-bond acceptors (Lipinski definition) is 6. The van der Waals surface area contributed by atoms with Crippen LogP contribution in [0, 0.1) is 12.7 Å². The van der Waals surface area contributed by atoms with Gasteiger partial charge in [-0.15, -0.1) is 5.10 Å². The SMILES string of the molecule is CNC1CCN(c2ccc(C(=O)Nc3cc(F)c4nc(C)cn4c3)c3c2nnn3C)C1. The fourth-order valence-electron chi connectivity index (χ4n) is 4.25.